The first-order chi connectivity index (χ1) is 12.5. The fourth-order valence-electron chi connectivity index (χ4n) is 3.75. The summed E-state index contributed by atoms with van der Waals surface area (Å²) in [7, 11) is 1.39. The van der Waals surface area contributed by atoms with Crippen LogP contribution in [0, 0.1) is 5.82 Å². The minimum absolute atomic E-state index is 0.0328. The summed E-state index contributed by atoms with van der Waals surface area (Å²) in [5.41, 5.74) is 1.24. The number of benzene rings is 1. The number of halogens is 1. The lowest BCUT2D eigenvalue weighted by Crippen LogP contribution is -2.36. The normalized spacial score (nSPS) is 16.7. The molecule has 1 aromatic carbocycles. The number of carboxylic acids is 1. The second kappa shape index (κ2) is 9.88. The lowest BCUT2D eigenvalue weighted by atomic mass is 9.88. The molecule has 0 bridgehead atoms. The summed E-state index contributed by atoms with van der Waals surface area (Å²) < 4.78 is 25.4. The van der Waals surface area contributed by atoms with Crippen LogP contribution in [0.4, 0.5) is 4.39 Å². The van der Waals surface area contributed by atoms with Gasteiger partial charge in [-0.15, -0.1) is 0 Å². The maximum atomic E-state index is 14.8. The zero-order chi connectivity index (χ0) is 19.1. The molecule has 146 valence electrons. The Morgan fingerprint density at radius 2 is 1.92 bits per heavy atom. The topological polar surface area (TPSA) is 59.0 Å². The Hall–Kier alpha value is -1.66. The maximum Gasteiger partial charge on any atom is 0.325 e. The largest absolute Gasteiger partial charge is 0.493 e. The smallest absolute Gasteiger partial charge is 0.325 e. The molecule has 26 heavy (non-hydrogen) atoms. The maximum absolute atomic E-state index is 14.8. The molecule has 1 N–H and O–H groups in total. The van der Waals surface area contributed by atoms with Gasteiger partial charge in [-0.1, -0.05) is 13.8 Å². The van der Waals surface area contributed by atoms with Gasteiger partial charge in [0.15, 0.2) is 11.6 Å². The molecule has 1 heterocycles. The zero-order valence-electron chi connectivity index (χ0n) is 16.0. The second-order valence-electron chi connectivity index (χ2n) is 6.79. The molecule has 1 unspecified atom stereocenters. The SMILES string of the molecule is CCCN(CCC)C(C(=O)O)c1cc(C2CCOCC2)cc(F)c1OC. The number of hydrogen-bond donors (Lipinski definition) is 1. The van der Waals surface area contributed by atoms with Crippen LogP contribution in [0.1, 0.15) is 62.6 Å². The molecule has 1 aliphatic rings. The summed E-state index contributed by atoms with van der Waals surface area (Å²) in [4.78, 5) is 14.0. The van der Waals surface area contributed by atoms with E-state index in [0.29, 0.717) is 31.9 Å². The Morgan fingerprint density at radius 1 is 1.31 bits per heavy atom. The summed E-state index contributed by atoms with van der Waals surface area (Å²) in [5.74, 6) is -1.26. The molecule has 0 spiro atoms. The van der Waals surface area contributed by atoms with Gasteiger partial charge in [0.2, 0.25) is 0 Å². The third kappa shape index (κ3) is 4.74. The molecule has 2 rings (SSSR count). The lowest BCUT2D eigenvalue weighted by Gasteiger charge is -2.31. The molecule has 0 amide bonds. The molecule has 6 heteroatoms. The van der Waals surface area contributed by atoms with Crippen molar-refractivity contribution < 1.29 is 23.8 Å². The van der Waals surface area contributed by atoms with E-state index in [-0.39, 0.29) is 11.7 Å². The Balaban J connectivity index is 2.50. The Kier molecular flexibility index (Phi) is 7.85. The highest BCUT2D eigenvalue weighted by molar-refractivity contribution is 5.77. The van der Waals surface area contributed by atoms with Gasteiger partial charge in [-0.2, -0.15) is 0 Å². The van der Waals surface area contributed by atoms with Crippen LogP contribution in [0.15, 0.2) is 12.1 Å². The molecule has 0 aromatic heterocycles. The van der Waals surface area contributed by atoms with Crippen LogP contribution in [0.2, 0.25) is 0 Å². The van der Waals surface area contributed by atoms with Crippen LogP contribution in [-0.2, 0) is 9.53 Å². The predicted molar refractivity (Wildman–Crippen MR) is 98.3 cm³/mol. The standard InChI is InChI=1S/C20H30FNO4/c1-4-8-22(9-5-2)18(20(23)24)16-12-15(13-17(21)19(16)25-3)14-6-10-26-11-7-14/h12-14,18H,4-11H2,1-3H3,(H,23,24). The molecule has 0 aliphatic carbocycles. The van der Waals surface area contributed by atoms with E-state index in [0.717, 1.165) is 31.2 Å². The Labute approximate surface area is 155 Å². The van der Waals surface area contributed by atoms with Crippen molar-refractivity contribution in [1.82, 2.24) is 4.90 Å². The number of rotatable bonds is 9. The van der Waals surface area contributed by atoms with Crippen molar-refractivity contribution in [2.75, 3.05) is 33.4 Å². The van der Waals surface area contributed by atoms with E-state index in [4.69, 9.17) is 9.47 Å². The molecule has 1 atom stereocenters. The van der Waals surface area contributed by atoms with Gasteiger partial charge in [-0.25, -0.2) is 4.39 Å². The van der Waals surface area contributed by atoms with E-state index >= 15 is 0 Å². The van der Waals surface area contributed by atoms with Crippen LogP contribution in [0.25, 0.3) is 0 Å². The van der Waals surface area contributed by atoms with Crippen molar-refractivity contribution in [2.45, 2.75) is 51.5 Å². The molecule has 1 fully saturated rings. The highest BCUT2D eigenvalue weighted by Gasteiger charge is 2.32. The van der Waals surface area contributed by atoms with Gasteiger partial charge in [-0.05, 0) is 62.4 Å². The van der Waals surface area contributed by atoms with Crippen molar-refractivity contribution in [1.29, 1.82) is 0 Å². The quantitative estimate of drug-likeness (QED) is 0.715. The molecule has 1 aromatic rings. The number of methoxy groups -OCH3 is 1. The number of ether oxygens (including phenoxy) is 2. The van der Waals surface area contributed by atoms with Crippen LogP contribution >= 0.6 is 0 Å². The first-order valence-electron chi connectivity index (χ1n) is 9.45. The molecular formula is C20H30FNO4. The van der Waals surface area contributed by atoms with Gasteiger partial charge in [-0.3, -0.25) is 9.69 Å². The molecule has 5 nitrogen and oxygen atoms in total. The zero-order valence-corrected chi connectivity index (χ0v) is 16.0. The highest BCUT2D eigenvalue weighted by Crippen LogP contribution is 2.37. The summed E-state index contributed by atoms with van der Waals surface area (Å²) in [6.45, 7) is 6.59. The van der Waals surface area contributed by atoms with Gasteiger partial charge in [0.25, 0.3) is 0 Å². The van der Waals surface area contributed by atoms with Crippen molar-refractivity contribution in [3.05, 3.63) is 29.1 Å². The Morgan fingerprint density at radius 3 is 2.42 bits per heavy atom. The lowest BCUT2D eigenvalue weighted by molar-refractivity contribution is -0.143. The van der Waals surface area contributed by atoms with Crippen molar-refractivity contribution in [2.24, 2.45) is 0 Å². The number of carboxylic acid groups (broad SMARTS) is 1. The fourth-order valence-corrected chi connectivity index (χ4v) is 3.75. The van der Waals surface area contributed by atoms with Gasteiger partial charge >= 0.3 is 5.97 Å². The van der Waals surface area contributed by atoms with Crippen molar-refractivity contribution in [3.8, 4) is 5.75 Å². The van der Waals surface area contributed by atoms with Crippen LogP contribution in [-0.4, -0.2) is 49.4 Å². The summed E-state index contributed by atoms with van der Waals surface area (Å²) in [6, 6.07) is 2.40. The number of carbonyl (C=O) groups is 1. The minimum atomic E-state index is -0.978. The molecule has 0 radical (unpaired) electrons. The van der Waals surface area contributed by atoms with Crippen LogP contribution < -0.4 is 4.74 Å². The first kappa shape index (κ1) is 20.6. The van der Waals surface area contributed by atoms with Gasteiger partial charge in [0.05, 0.1) is 7.11 Å². The van der Waals surface area contributed by atoms with Crippen LogP contribution in [0.5, 0.6) is 5.75 Å². The van der Waals surface area contributed by atoms with Crippen molar-refractivity contribution in [3.63, 3.8) is 0 Å². The van der Waals surface area contributed by atoms with Crippen LogP contribution in [0.3, 0.4) is 0 Å². The van der Waals surface area contributed by atoms with E-state index in [1.54, 1.807) is 0 Å². The van der Waals surface area contributed by atoms with E-state index in [1.807, 2.05) is 24.8 Å². The average molecular weight is 367 g/mol. The number of aliphatic carboxylic acids is 1. The van der Waals surface area contributed by atoms with Gasteiger partial charge in [0, 0.05) is 18.8 Å². The average Bonchev–Trinajstić information content (AvgIpc) is 2.62. The molecular weight excluding hydrogens is 337 g/mol. The fraction of sp³-hybridized carbons (Fsp3) is 0.650. The van der Waals surface area contributed by atoms with Gasteiger partial charge < -0.3 is 14.6 Å². The molecule has 1 aliphatic heterocycles. The third-order valence-electron chi connectivity index (χ3n) is 4.91. The van der Waals surface area contributed by atoms with Crippen molar-refractivity contribution >= 4 is 5.97 Å². The summed E-state index contributed by atoms with van der Waals surface area (Å²) >= 11 is 0. The number of hydrogen-bond acceptors (Lipinski definition) is 4. The minimum Gasteiger partial charge on any atom is -0.493 e. The third-order valence-corrected chi connectivity index (χ3v) is 4.91. The monoisotopic (exact) mass is 367 g/mol. The van der Waals surface area contributed by atoms with E-state index in [2.05, 4.69) is 0 Å². The van der Waals surface area contributed by atoms with E-state index in [9.17, 15) is 14.3 Å². The summed E-state index contributed by atoms with van der Waals surface area (Å²) in [5, 5.41) is 9.92. The number of nitrogens with zero attached hydrogens (tertiary/aromatic N) is 1. The summed E-state index contributed by atoms with van der Waals surface area (Å²) in [6.07, 6.45) is 3.29. The van der Waals surface area contributed by atoms with E-state index in [1.165, 1.54) is 13.2 Å². The first-order valence-corrected chi connectivity index (χ1v) is 9.45. The predicted octanol–water partition coefficient (Wildman–Crippen LogP) is 3.98. The highest BCUT2D eigenvalue weighted by atomic mass is 19.1. The molecule has 1 saturated heterocycles. The van der Waals surface area contributed by atoms with Gasteiger partial charge in [0.1, 0.15) is 6.04 Å². The van der Waals surface area contributed by atoms with E-state index < -0.39 is 17.8 Å². The Bertz CT molecular complexity index is 596. The second-order valence-corrected chi connectivity index (χ2v) is 6.79. The molecule has 0 saturated carbocycles.